The number of hydrogen-bond donors (Lipinski definition) is 3. The van der Waals surface area contributed by atoms with Gasteiger partial charge in [-0.15, -0.1) is 0 Å². The molecule has 0 saturated carbocycles. The van der Waals surface area contributed by atoms with E-state index in [1.54, 1.807) is 24.3 Å². The van der Waals surface area contributed by atoms with Crippen LogP contribution in [0.4, 0.5) is 5.69 Å². The molecule has 9 nitrogen and oxygen atoms in total. The van der Waals surface area contributed by atoms with E-state index in [0.29, 0.717) is 23.6 Å². The number of carbonyl (C=O) groups excluding carboxylic acids is 2. The van der Waals surface area contributed by atoms with Gasteiger partial charge >= 0.3 is 0 Å². The molecule has 6 rings (SSSR count). The van der Waals surface area contributed by atoms with E-state index >= 15 is 0 Å². The van der Waals surface area contributed by atoms with E-state index in [9.17, 15) is 18.0 Å². The summed E-state index contributed by atoms with van der Waals surface area (Å²) in [6.45, 7) is 8.32. The SMILES string of the molecule is Cc1cccc2nc(-c3ccc(NC(=O)[C@@H](Cc4ccc(C(=O)NCCS(=O)(=O)O)cc4)c4ccc(-c5ccc(C(C)(C)C)cc5)cc4)cc3)oc12. The van der Waals surface area contributed by atoms with Crippen molar-refractivity contribution < 1.29 is 27.0 Å². The average Bonchev–Trinajstić information content (AvgIpc) is 3.56. The minimum Gasteiger partial charge on any atom is -0.436 e. The zero-order chi connectivity index (χ0) is 37.0. The van der Waals surface area contributed by atoms with Crippen LogP contribution >= 0.6 is 0 Å². The maximum absolute atomic E-state index is 14.0. The number of oxazole rings is 1. The van der Waals surface area contributed by atoms with Crippen molar-refractivity contribution in [3.8, 4) is 22.6 Å². The Labute approximate surface area is 303 Å². The fraction of sp³-hybridized carbons (Fsp3) is 0.214. The first-order valence-electron chi connectivity index (χ1n) is 17.0. The van der Waals surface area contributed by atoms with Crippen molar-refractivity contribution in [2.75, 3.05) is 17.6 Å². The van der Waals surface area contributed by atoms with Crippen LogP contribution in [0.1, 0.15) is 59.3 Å². The molecule has 1 atom stereocenters. The molecule has 3 N–H and O–H groups in total. The first-order valence-corrected chi connectivity index (χ1v) is 18.6. The summed E-state index contributed by atoms with van der Waals surface area (Å²) in [5.74, 6) is -1.30. The summed E-state index contributed by atoms with van der Waals surface area (Å²) in [6, 6.07) is 36.6. The summed E-state index contributed by atoms with van der Waals surface area (Å²) in [5, 5.41) is 5.57. The van der Waals surface area contributed by atoms with Crippen LogP contribution in [-0.2, 0) is 26.7 Å². The average molecular weight is 716 g/mol. The minimum atomic E-state index is -4.19. The molecule has 0 saturated heterocycles. The maximum atomic E-state index is 14.0. The number of benzene rings is 5. The van der Waals surface area contributed by atoms with Crippen molar-refractivity contribution in [3.63, 3.8) is 0 Å². The Morgan fingerprint density at radius 1 is 0.808 bits per heavy atom. The summed E-state index contributed by atoms with van der Waals surface area (Å²) in [7, 11) is -4.19. The van der Waals surface area contributed by atoms with Gasteiger partial charge in [-0.05, 0) is 94.6 Å². The highest BCUT2D eigenvalue weighted by Crippen LogP contribution is 2.31. The second kappa shape index (κ2) is 15.0. The van der Waals surface area contributed by atoms with Gasteiger partial charge in [-0.2, -0.15) is 8.42 Å². The smallest absolute Gasteiger partial charge is 0.266 e. The van der Waals surface area contributed by atoms with Crippen molar-refractivity contribution in [2.24, 2.45) is 0 Å². The Bertz CT molecular complexity index is 2310. The molecule has 0 fully saturated rings. The number of rotatable bonds is 11. The molecule has 0 aliphatic rings. The molecule has 1 heterocycles. The Balaban J connectivity index is 1.22. The molecule has 52 heavy (non-hydrogen) atoms. The number of nitrogens with one attached hydrogen (secondary N) is 2. The van der Waals surface area contributed by atoms with E-state index in [0.717, 1.165) is 44.5 Å². The van der Waals surface area contributed by atoms with E-state index in [2.05, 4.69) is 60.7 Å². The number of nitrogens with zero attached hydrogens (tertiary/aromatic N) is 1. The Hall–Kier alpha value is -5.58. The highest BCUT2D eigenvalue weighted by atomic mass is 32.2. The Kier molecular flexibility index (Phi) is 10.4. The van der Waals surface area contributed by atoms with Gasteiger partial charge in [0.05, 0.1) is 11.7 Å². The molecule has 0 unspecified atom stereocenters. The number of hydrogen-bond acceptors (Lipinski definition) is 6. The van der Waals surface area contributed by atoms with Gasteiger partial charge in [-0.1, -0.05) is 93.6 Å². The molecular formula is C42H41N3O6S. The highest BCUT2D eigenvalue weighted by Gasteiger charge is 2.23. The van der Waals surface area contributed by atoms with E-state index in [1.807, 2.05) is 73.7 Å². The molecule has 0 radical (unpaired) electrons. The van der Waals surface area contributed by atoms with Crippen molar-refractivity contribution in [1.29, 1.82) is 0 Å². The quantitative estimate of drug-likeness (QED) is 0.115. The molecule has 2 amide bonds. The number of aryl methyl sites for hydroxylation is 1. The standard InChI is InChI=1S/C42H41N3O6S/c1-27-6-5-7-37-38(27)51-41(45-37)33-18-22-35(23-19-33)44-40(47)36(26-28-8-10-32(11-9-28)39(46)43-24-25-52(48,49)50)31-14-12-29(13-15-31)30-16-20-34(21-17-30)42(2,3)4/h5-23,36H,24-26H2,1-4H3,(H,43,46)(H,44,47)(H,48,49,50)/t36-/m0/s1. The van der Waals surface area contributed by atoms with Crippen LogP contribution in [0.3, 0.4) is 0 Å². The Morgan fingerprint density at radius 2 is 1.42 bits per heavy atom. The van der Waals surface area contributed by atoms with Crippen LogP contribution in [-0.4, -0.2) is 42.1 Å². The first kappa shape index (κ1) is 36.2. The lowest BCUT2D eigenvalue weighted by Gasteiger charge is -2.20. The summed E-state index contributed by atoms with van der Waals surface area (Å²) in [5.41, 5.74) is 9.37. The monoisotopic (exact) mass is 715 g/mol. The van der Waals surface area contributed by atoms with E-state index in [4.69, 9.17) is 8.97 Å². The molecule has 10 heteroatoms. The predicted molar refractivity (Wildman–Crippen MR) is 205 cm³/mol. The number of fused-ring (bicyclic) bond motifs is 1. The third-order valence-corrected chi connectivity index (χ3v) is 9.75. The van der Waals surface area contributed by atoms with Gasteiger partial charge in [-0.25, -0.2) is 4.98 Å². The zero-order valence-corrected chi connectivity index (χ0v) is 30.3. The zero-order valence-electron chi connectivity index (χ0n) is 29.5. The maximum Gasteiger partial charge on any atom is 0.266 e. The summed E-state index contributed by atoms with van der Waals surface area (Å²) in [4.78, 5) is 31.2. The number of carbonyl (C=O) groups is 2. The second-order valence-corrected chi connectivity index (χ2v) is 15.5. The molecule has 266 valence electrons. The van der Waals surface area contributed by atoms with Gasteiger partial charge in [0.25, 0.3) is 16.0 Å². The van der Waals surface area contributed by atoms with Crippen molar-refractivity contribution >= 4 is 38.7 Å². The third kappa shape index (κ3) is 8.82. The van der Waals surface area contributed by atoms with E-state index in [-0.39, 0.29) is 17.9 Å². The van der Waals surface area contributed by atoms with Gasteiger partial charge in [0.1, 0.15) is 5.52 Å². The van der Waals surface area contributed by atoms with Crippen LogP contribution < -0.4 is 10.6 Å². The van der Waals surface area contributed by atoms with Gasteiger partial charge in [0.15, 0.2) is 5.58 Å². The van der Waals surface area contributed by atoms with E-state index in [1.165, 1.54) is 5.56 Å². The van der Waals surface area contributed by atoms with Crippen LogP contribution in [0.25, 0.3) is 33.7 Å². The first-order chi connectivity index (χ1) is 24.7. The van der Waals surface area contributed by atoms with Crippen LogP contribution in [0.15, 0.2) is 120 Å². The normalized spacial score (nSPS) is 12.4. The summed E-state index contributed by atoms with van der Waals surface area (Å²) in [6.07, 6.45) is 0.358. The molecule has 0 aliphatic heterocycles. The fourth-order valence-corrected chi connectivity index (χ4v) is 6.35. The molecular weight excluding hydrogens is 675 g/mol. The topological polar surface area (TPSA) is 139 Å². The number of aromatic nitrogens is 1. The van der Waals surface area contributed by atoms with E-state index < -0.39 is 27.7 Å². The predicted octanol–water partition coefficient (Wildman–Crippen LogP) is 8.35. The highest BCUT2D eigenvalue weighted by molar-refractivity contribution is 7.85. The van der Waals surface area contributed by atoms with Crippen LogP contribution in [0.5, 0.6) is 0 Å². The number of anilines is 1. The van der Waals surface area contributed by atoms with Gasteiger partial charge in [0.2, 0.25) is 11.8 Å². The van der Waals surface area contributed by atoms with Crippen molar-refractivity contribution in [3.05, 3.63) is 143 Å². The molecule has 0 aliphatic carbocycles. The molecule has 0 spiro atoms. The van der Waals surface area contributed by atoms with Crippen LogP contribution in [0.2, 0.25) is 0 Å². The molecule has 6 aromatic rings. The fourth-order valence-electron chi connectivity index (χ4n) is 5.99. The third-order valence-electron chi connectivity index (χ3n) is 9.03. The molecule has 0 bridgehead atoms. The van der Waals surface area contributed by atoms with Crippen LogP contribution in [0, 0.1) is 6.92 Å². The van der Waals surface area contributed by atoms with Gasteiger partial charge in [-0.3, -0.25) is 14.1 Å². The minimum absolute atomic E-state index is 0.0534. The number of para-hydroxylation sites is 1. The van der Waals surface area contributed by atoms with Gasteiger partial charge < -0.3 is 15.1 Å². The summed E-state index contributed by atoms with van der Waals surface area (Å²) < 4.78 is 37.0. The lowest BCUT2D eigenvalue weighted by Crippen LogP contribution is -2.28. The van der Waals surface area contributed by atoms with Crippen molar-refractivity contribution in [2.45, 2.75) is 45.4 Å². The Morgan fingerprint density at radius 3 is 2.02 bits per heavy atom. The van der Waals surface area contributed by atoms with Gasteiger partial charge in [0, 0.05) is 23.4 Å². The largest absolute Gasteiger partial charge is 0.436 e. The summed E-state index contributed by atoms with van der Waals surface area (Å²) >= 11 is 0. The molecule has 1 aromatic heterocycles. The lowest BCUT2D eigenvalue weighted by molar-refractivity contribution is -0.117. The van der Waals surface area contributed by atoms with Crippen molar-refractivity contribution in [1.82, 2.24) is 10.3 Å². The molecule has 5 aromatic carbocycles. The lowest BCUT2D eigenvalue weighted by atomic mass is 9.86. The number of amides is 2. The second-order valence-electron chi connectivity index (χ2n) is 14.0.